The minimum absolute atomic E-state index is 0.00768. The maximum Gasteiger partial charge on any atom is 0.274 e. The third-order valence-corrected chi connectivity index (χ3v) is 14.4. The highest BCUT2D eigenvalue weighted by Crippen LogP contribution is 2.35. The number of piperazine rings is 1. The summed E-state index contributed by atoms with van der Waals surface area (Å²) in [6, 6.07) is 16.4. The van der Waals surface area contributed by atoms with Crippen molar-refractivity contribution in [3.05, 3.63) is 107 Å². The number of hydrogen-bond acceptors (Lipinski definition) is 14. The molecule has 19 heteroatoms. The summed E-state index contributed by atoms with van der Waals surface area (Å²) in [6.45, 7) is 22.3. The molecule has 10 rings (SSSR count). The Kier molecular flexibility index (Phi) is 23.4. The summed E-state index contributed by atoms with van der Waals surface area (Å²) in [5.41, 5.74) is 5.05. The van der Waals surface area contributed by atoms with Crippen LogP contribution in [-0.4, -0.2) is 130 Å². The van der Waals surface area contributed by atoms with Crippen LogP contribution < -0.4 is 31.3 Å². The predicted octanol–water partition coefficient (Wildman–Crippen LogP) is 8.42. The summed E-state index contributed by atoms with van der Waals surface area (Å²) in [4.78, 5) is 57.5. The van der Waals surface area contributed by atoms with Gasteiger partial charge in [0.15, 0.2) is 0 Å². The van der Waals surface area contributed by atoms with Crippen molar-refractivity contribution in [1.29, 1.82) is 5.26 Å². The first-order valence-electron chi connectivity index (χ1n) is 28.0. The molecule has 1 saturated carbocycles. The molecular weight excluding hydrogens is 987 g/mol. The van der Waals surface area contributed by atoms with Crippen LogP contribution in [0.4, 0.5) is 22.7 Å². The summed E-state index contributed by atoms with van der Waals surface area (Å²) >= 11 is 0. The number of methoxy groups -OCH3 is 1. The van der Waals surface area contributed by atoms with E-state index in [9.17, 15) is 24.3 Å². The van der Waals surface area contributed by atoms with E-state index in [0.717, 1.165) is 49.4 Å². The summed E-state index contributed by atoms with van der Waals surface area (Å²) < 4.78 is 9.30. The van der Waals surface area contributed by atoms with Gasteiger partial charge >= 0.3 is 0 Å². The minimum atomic E-state index is -1.17. The Hall–Kier alpha value is -6.98. The second kappa shape index (κ2) is 30.2. The second-order valence-corrected chi connectivity index (χ2v) is 20.5. The summed E-state index contributed by atoms with van der Waals surface area (Å²) in [5.74, 6) is 0.297. The molecule has 19 nitrogen and oxygen atoms in total. The standard InChI is InChI=1S/C25H26N6O2.C20H33N5.C9H10N2O3.C3H8O.C2H6/c1-25(2,33)20-12-21-17(15-30(29-21)18-6-4-3-5-7-18)11-22(20)28-24(32)23-9-8-19-10-16(13-26)14-27-31(19)23;1-2-8-24(9-3-1)19-14-20(16-22-15-19)25-10-4-18(5-11-25)17-23-12-6-21-7-13-23;1-7(13)10-8-2-3-9(14)11(6-8)4-5-12;1-3-4-2;1-2/h8-12,14-15,18,33H,3-7H2,1-2H3,(H,28,32);14-16,18,21H,1-13,17H2;2-3,5-6H,4H2,1H3,(H,10,13);3H2,1-2H3;1-2H3. The zero-order valence-electron chi connectivity index (χ0n) is 47.0. The number of piperidine rings is 2. The van der Waals surface area contributed by atoms with E-state index in [4.69, 9.17) is 10.4 Å². The quantitative estimate of drug-likeness (QED) is 0.0846. The van der Waals surface area contributed by atoms with Gasteiger partial charge in [-0.1, -0.05) is 33.1 Å². The number of aldehydes is 1. The van der Waals surface area contributed by atoms with Gasteiger partial charge in [-0.05, 0) is 114 Å². The van der Waals surface area contributed by atoms with Gasteiger partial charge in [-0.25, -0.2) is 4.52 Å². The van der Waals surface area contributed by atoms with E-state index in [0.29, 0.717) is 46.0 Å². The smallest absolute Gasteiger partial charge is 0.274 e. The van der Waals surface area contributed by atoms with E-state index < -0.39 is 5.60 Å². The number of anilines is 4. The van der Waals surface area contributed by atoms with Gasteiger partial charge in [0.05, 0.1) is 70.4 Å². The molecule has 0 atom stereocenters. The lowest BCUT2D eigenvalue weighted by atomic mass is 9.95. The van der Waals surface area contributed by atoms with E-state index in [-0.39, 0.29) is 23.9 Å². The number of nitrogens with zero attached hydrogens (tertiary/aromatic N) is 10. The molecule has 3 aliphatic heterocycles. The zero-order chi connectivity index (χ0) is 56.0. The molecule has 78 heavy (non-hydrogen) atoms. The van der Waals surface area contributed by atoms with Crippen LogP contribution in [0.25, 0.3) is 16.4 Å². The van der Waals surface area contributed by atoms with Gasteiger partial charge < -0.3 is 49.9 Å². The first-order chi connectivity index (χ1) is 37.8. The molecule has 420 valence electrons. The molecule has 1 aliphatic carbocycles. The first-order valence-corrected chi connectivity index (χ1v) is 28.0. The van der Waals surface area contributed by atoms with E-state index in [2.05, 4.69) is 63.8 Å². The predicted molar refractivity (Wildman–Crippen MR) is 309 cm³/mol. The number of carbonyl (C=O) groups is 3. The number of amides is 2. The molecule has 8 heterocycles. The van der Waals surface area contributed by atoms with Crippen molar-refractivity contribution in [2.75, 3.05) is 93.1 Å². The normalized spacial score (nSPS) is 16.2. The fourth-order valence-electron chi connectivity index (χ4n) is 10.2. The van der Waals surface area contributed by atoms with Crippen LogP contribution in [0.15, 0.2) is 84.3 Å². The Labute approximate surface area is 459 Å². The number of hydrogen-bond donors (Lipinski definition) is 4. The number of nitriles is 1. The third-order valence-electron chi connectivity index (χ3n) is 14.4. The SMILES string of the molecule is CC.CC(=O)Nc1ccc(=O)n(CC=O)c1.CC(C)(O)c1cc2nn(C3CCCCC3)cc2cc1NC(=O)c1ccc2cc(C#N)cnn12.CCOC.c1ncc(N2CCC(CN3CCNCC3)CC2)cc1N1CCCCC1. The van der Waals surface area contributed by atoms with Gasteiger partial charge in [0.1, 0.15) is 18.0 Å². The Morgan fingerprint density at radius 1 is 0.859 bits per heavy atom. The highest BCUT2D eigenvalue weighted by atomic mass is 16.5. The van der Waals surface area contributed by atoms with Gasteiger partial charge in [-0.3, -0.25) is 24.0 Å². The van der Waals surface area contributed by atoms with Crippen LogP contribution in [0.2, 0.25) is 0 Å². The van der Waals surface area contributed by atoms with Gasteiger partial charge in [0.2, 0.25) is 5.91 Å². The number of pyridine rings is 2. The number of ether oxygens (including phenoxy) is 1. The Morgan fingerprint density at radius 2 is 1.53 bits per heavy atom. The number of aromatic nitrogens is 6. The van der Waals surface area contributed by atoms with Crippen LogP contribution in [0.5, 0.6) is 0 Å². The average molecular weight is 1070 g/mol. The maximum atomic E-state index is 13.2. The van der Waals surface area contributed by atoms with E-state index in [1.807, 2.05) is 50.0 Å². The highest BCUT2D eigenvalue weighted by Gasteiger charge is 2.26. The lowest BCUT2D eigenvalue weighted by molar-refractivity contribution is -0.114. The molecular formula is C59H83N13O6. The number of benzene rings is 1. The first kappa shape index (κ1) is 60.3. The van der Waals surface area contributed by atoms with Crippen molar-refractivity contribution in [2.24, 2.45) is 5.92 Å². The van der Waals surface area contributed by atoms with Gasteiger partial charge in [0, 0.05) is 115 Å². The maximum absolute atomic E-state index is 13.2. The van der Waals surface area contributed by atoms with Crippen LogP contribution in [0, 0.1) is 17.2 Å². The van der Waals surface area contributed by atoms with E-state index >= 15 is 0 Å². The summed E-state index contributed by atoms with van der Waals surface area (Å²) in [5, 5.41) is 38.8. The number of carbonyl (C=O) groups excluding carboxylic acids is 3. The molecule has 3 saturated heterocycles. The zero-order valence-corrected chi connectivity index (χ0v) is 47.0. The van der Waals surface area contributed by atoms with Crippen molar-refractivity contribution in [3.8, 4) is 6.07 Å². The Morgan fingerprint density at radius 3 is 2.15 bits per heavy atom. The van der Waals surface area contributed by atoms with Crippen molar-refractivity contribution >= 4 is 57.3 Å². The molecule has 4 N–H and O–H groups in total. The number of aliphatic hydroxyl groups is 1. The summed E-state index contributed by atoms with van der Waals surface area (Å²) in [7, 11) is 1.68. The number of rotatable bonds is 12. The molecule has 2 amide bonds. The monoisotopic (exact) mass is 1070 g/mol. The van der Waals surface area contributed by atoms with Crippen molar-refractivity contribution < 1.29 is 24.2 Å². The van der Waals surface area contributed by atoms with Gasteiger partial charge in [-0.15, -0.1) is 0 Å². The molecule has 4 fully saturated rings. The minimum Gasteiger partial charge on any atom is -0.386 e. The molecule has 0 unspecified atom stereocenters. The summed E-state index contributed by atoms with van der Waals surface area (Å²) in [6.07, 6.45) is 22.2. The van der Waals surface area contributed by atoms with Crippen molar-refractivity contribution in [1.82, 2.24) is 39.2 Å². The Balaban J connectivity index is 0.000000192. The van der Waals surface area contributed by atoms with Crippen LogP contribution >= 0.6 is 0 Å². The Bertz CT molecular complexity index is 2940. The van der Waals surface area contributed by atoms with Gasteiger partial charge in [0.25, 0.3) is 11.5 Å². The molecule has 1 aromatic carbocycles. The number of nitrogens with one attached hydrogen (secondary N) is 3. The van der Waals surface area contributed by atoms with Gasteiger partial charge in [-0.2, -0.15) is 15.5 Å². The van der Waals surface area contributed by atoms with E-state index in [1.165, 1.54) is 149 Å². The molecule has 0 spiro atoms. The fourth-order valence-corrected chi connectivity index (χ4v) is 10.2. The van der Waals surface area contributed by atoms with Crippen molar-refractivity contribution in [3.63, 3.8) is 0 Å². The second-order valence-electron chi connectivity index (χ2n) is 20.5. The molecule has 4 aliphatic rings. The number of fused-ring (bicyclic) bond motifs is 2. The van der Waals surface area contributed by atoms with Crippen molar-refractivity contribution in [2.45, 2.75) is 124 Å². The highest BCUT2D eigenvalue weighted by molar-refractivity contribution is 6.05. The topological polar surface area (TPSA) is 220 Å². The van der Waals surface area contributed by atoms with Crippen LogP contribution in [-0.2, 0) is 26.5 Å². The molecule has 0 bridgehead atoms. The van der Waals surface area contributed by atoms with E-state index in [1.54, 1.807) is 39.2 Å². The van der Waals surface area contributed by atoms with Crippen LogP contribution in [0.1, 0.15) is 133 Å². The third kappa shape index (κ3) is 17.3. The lowest BCUT2D eigenvalue weighted by Crippen LogP contribution is -2.46. The fraction of sp³-hybridized carbons (Fsp3) is 0.525. The van der Waals surface area contributed by atoms with Crippen LogP contribution in [0.3, 0.4) is 0 Å². The average Bonchev–Trinajstić information content (AvgIpc) is 4.12. The molecule has 5 aromatic heterocycles. The molecule has 0 radical (unpaired) electrons. The molecule has 6 aromatic rings. The lowest BCUT2D eigenvalue weighted by Gasteiger charge is -2.37. The largest absolute Gasteiger partial charge is 0.386 e.